The van der Waals surface area contributed by atoms with Crippen molar-refractivity contribution in [3.63, 3.8) is 0 Å². The number of amides is 2. The Morgan fingerprint density at radius 2 is 1.72 bits per heavy atom. The van der Waals surface area contributed by atoms with Gasteiger partial charge in [0, 0.05) is 31.6 Å². The van der Waals surface area contributed by atoms with Gasteiger partial charge in [0.15, 0.2) is 0 Å². The highest BCUT2D eigenvalue weighted by atomic mass is 16.6. The molecule has 6 heteroatoms. The van der Waals surface area contributed by atoms with Crippen LogP contribution in [0.25, 0.3) is 0 Å². The van der Waals surface area contributed by atoms with E-state index in [2.05, 4.69) is 0 Å². The summed E-state index contributed by atoms with van der Waals surface area (Å²) in [4.78, 5) is 25.6. The van der Waals surface area contributed by atoms with Gasteiger partial charge in [0.1, 0.15) is 0 Å². The van der Waals surface area contributed by atoms with E-state index in [4.69, 9.17) is 9.84 Å². The number of carbonyl (C=O) groups is 2. The van der Waals surface area contributed by atoms with Gasteiger partial charge in [-0.1, -0.05) is 0 Å². The molecule has 0 unspecified atom stereocenters. The molecule has 0 aromatic heterocycles. The van der Waals surface area contributed by atoms with E-state index in [1.165, 1.54) is 4.90 Å². The highest BCUT2D eigenvalue weighted by Gasteiger charge is 2.47. The fourth-order valence-electron chi connectivity index (χ4n) is 2.65. The molecule has 6 nitrogen and oxygen atoms in total. The number of rotatable bonds is 1. The van der Waals surface area contributed by atoms with Crippen LogP contribution in [0.3, 0.4) is 0 Å². The van der Waals surface area contributed by atoms with Crippen LogP contribution in [-0.2, 0) is 4.74 Å². The van der Waals surface area contributed by atoms with Gasteiger partial charge in [-0.25, -0.2) is 9.59 Å². The molecule has 0 bridgehead atoms. The predicted octanol–water partition coefficient (Wildman–Crippen LogP) is 1.61. The Hall–Kier alpha value is -1.46. The molecule has 2 fully saturated rings. The van der Waals surface area contributed by atoms with Crippen molar-refractivity contribution >= 4 is 12.2 Å². The minimum atomic E-state index is -0.845. The Labute approximate surface area is 106 Å². The van der Waals surface area contributed by atoms with Gasteiger partial charge in [-0.3, -0.25) is 0 Å². The molecule has 2 saturated heterocycles. The van der Waals surface area contributed by atoms with E-state index < -0.39 is 6.09 Å². The second-order valence-electron chi connectivity index (χ2n) is 5.56. The van der Waals surface area contributed by atoms with Crippen LogP contribution >= 0.6 is 0 Å². The van der Waals surface area contributed by atoms with Crippen LogP contribution in [0.5, 0.6) is 0 Å². The number of carboxylic acid groups (broad SMARTS) is 1. The zero-order chi connectivity index (χ0) is 13.3. The minimum Gasteiger partial charge on any atom is -0.465 e. The van der Waals surface area contributed by atoms with Gasteiger partial charge in [0.25, 0.3) is 0 Å². The lowest BCUT2D eigenvalue weighted by atomic mass is 9.72. The van der Waals surface area contributed by atoms with Crippen molar-refractivity contribution in [2.24, 2.45) is 5.41 Å². The Bertz CT molecular complexity index is 340. The van der Waals surface area contributed by atoms with Crippen molar-refractivity contribution in [3.05, 3.63) is 0 Å². The van der Waals surface area contributed by atoms with E-state index in [0.29, 0.717) is 26.2 Å². The molecular weight excluding hydrogens is 236 g/mol. The van der Waals surface area contributed by atoms with Gasteiger partial charge < -0.3 is 19.6 Å². The topological polar surface area (TPSA) is 70.1 Å². The molecule has 0 aromatic rings. The standard InChI is InChI=1S/C12H20N2O4/c1-9(2)18-11(17)13-5-3-12(4-6-13)7-14(8-12)10(15)16/h9H,3-8H2,1-2H3,(H,15,16). The zero-order valence-corrected chi connectivity index (χ0v) is 10.9. The quantitative estimate of drug-likeness (QED) is 0.773. The Kier molecular flexibility index (Phi) is 3.36. The third kappa shape index (κ3) is 2.52. The Morgan fingerprint density at radius 1 is 1.17 bits per heavy atom. The lowest BCUT2D eigenvalue weighted by Crippen LogP contribution is -2.62. The van der Waals surface area contributed by atoms with E-state index in [9.17, 15) is 9.59 Å². The predicted molar refractivity (Wildman–Crippen MR) is 64.5 cm³/mol. The lowest BCUT2D eigenvalue weighted by molar-refractivity contribution is -0.0347. The van der Waals surface area contributed by atoms with Gasteiger partial charge >= 0.3 is 12.2 Å². The summed E-state index contributed by atoms with van der Waals surface area (Å²) in [6, 6.07) is 0. The molecule has 1 N–H and O–H groups in total. The fourth-order valence-corrected chi connectivity index (χ4v) is 2.65. The van der Waals surface area contributed by atoms with Crippen molar-refractivity contribution in [2.45, 2.75) is 32.8 Å². The van der Waals surface area contributed by atoms with E-state index in [1.807, 2.05) is 13.8 Å². The number of hydrogen-bond acceptors (Lipinski definition) is 3. The second kappa shape index (κ2) is 4.66. The van der Waals surface area contributed by atoms with Crippen LogP contribution in [0.2, 0.25) is 0 Å². The molecular formula is C12H20N2O4. The van der Waals surface area contributed by atoms with Crippen LogP contribution in [0, 0.1) is 5.41 Å². The average molecular weight is 256 g/mol. The van der Waals surface area contributed by atoms with E-state index in [1.54, 1.807) is 4.90 Å². The third-order valence-electron chi connectivity index (χ3n) is 3.74. The maximum Gasteiger partial charge on any atom is 0.410 e. The van der Waals surface area contributed by atoms with E-state index in [0.717, 1.165) is 12.8 Å². The number of ether oxygens (including phenoxy) is 1. The third-order valence-corrected chi connectivity index (χ3v) is 3.74. The molecule has 2 aliphatic heterocycles. The number of piperidine rings is 1. The molecule has 18 heavy (non-hydrogen) atoms. The summed E-state index contributed by atoms with van der Waals surface area (Å²) in [7, 11) is 0. The summed E-state index contributed by atoms with van der Waals surface area (Å²) >= 11 is 0. The summed E-state index contributed by atoms with van der Waals surface area (Å²) in [5, 5.41) is 8.83. The number of hydrogen-bond donors (Lipinski definition) is 1. The number of nitrogens with zero attached hydrogens (tertiary/aromatic N) is 2. The second-order valence-corrected chi connectivity index (χ2v) is 5.56. The van der Waals surface area contributed by atoms with E-state index >= 15 is 0 Å². The zero-order valence-electron chi connectivity index (χ0n) is 10.9. The van der Waals surface area contributed by atoms with Crippen LogP contribution in [0.15, 0.2) is 0 Å². The first-order chi connectivity index (χ1) is 8.42. The summed E-state index contributed by atoms with van der Waals surface area (Å²) in [5.74, 6) is 0. The highest BCUT2D eigenvalue weighted by molar-refractivity contribution is 5.68. The van der Waals surface area contributed by atoms with Crippen LogP contribution in [0.4, 0.5) is 9.59 Å². The lowest BCUT2D eigenvalue weighted by Gasteiger charge is -2.52. The summed E-state index contributed by atoms with van der Waals surface area (Å²) in [6.45, 7) is 6.21. The first-order valence-electron chi connectivity index (χ1n) is 6.35. The number of likely N-dealkylation sites (tertiary alicyclic amines) is 2. The largest absolute Gasteiger partial charge is 0.465 e. The molecule has 2 rings (SSSR count). The maximum absolute atomic E-state index is 11.7. The summed E-state index contributed by atoms with van der Waals surface area (Å²) < 4.78 is 5.15. The minimum absolute atomic E-state index is 0.0976. The molecule has 2 heterocycles. The van der Waals surface area contributed by atoms with E-state index in [-0.39, 0.29) is 17.6 Å². The molecule has 0 aliphatic carbocycles. The van der Waals surface area contributed by atoms with Gasteiger partial charge in [0.05, 0.1) is 6.10 Å². The van der Waals surface area contributed by atoms with Crippen LogP contribution < -0.4 is 0 Å². The van der Waals surface area contributed by atoms with Crippen molar-refractivity contribution in [1.82, 2.24) is 9.80 Å². The molecule has 0 aromatic carbocycles. The van der Waals surface area contributed by atoms with Crippen molar-refractivity contribution in [3.8, 4) is 0 Å². The first kappa shape index (κ1) is 13.0. The Morgan fingerprint density at radius 3 is 2.17 bits per heavy atom. The molecule has 0 atom stereocenters. The van der Waals surface area contributed by atoms with Gasteiger partial charge in [-0.05, 0) is 26.7 Å². The smallest absolute Gasteiger partial charge is 0.410 e. The monoisotopic (exact) mass is 256 g/mol. The van der Waals surface area contributed by atoms with Gasteiger partial charge in [0.2, 0.25) is 0 Å². The molecule has 0 saturated carbocycles. The molecule has 102 valence electrons. The summed E-state index contributed by atoms with van der Waals surface area (Å²) in [6.07, 6.45) is 0.532. The van der Waals surface area contributed by atoms with Crippen molar-refractivity contribution in [1.29, 1.82) is 0 Å². The van der Waals surface area contributed by atoms with Gasteiger partial charge in [-0.2, -0.15) is 0 Å². The fraction of sp³-hybridized carbons (Fsp3) is 0.833. The van der Waals surface area contributed by atoms with Gasteiger partial charge in [-0.15, -0.1) is 0 Å². The normalized spacial score (nSPS) is 21.9. The molecule has 0 radical (unpaired) electrons. The SMILES string of the molecule is CC(C)OC(=O)N1CCC2(CC1)CN(C(=O)O)C2. The van der Waals surface area contributed by atoms with Crippen LogP contribution in [-0.4, -0.2) is 59.4 Å². The average Bonchev–Trinajstić information content (AvgIpc) is 2.24. The van der Waals surface area contributed by atoms with Crippen molar-refractivity contribution in [2.75, 3.05) is 26.2 Å². The maximum atomic E-state index is 11.7. The molecule has 2 aliphatic rings. The highest BCUT2D eigenvalue weighted by Crippen LogP contribution is 2.40. The molecule has 1 spiro atoms. The van der Waals surface area contributed by atoms with Crippen molar-refractivity contribution < 1.29 is 19.4 Å². The van der Waals surface area contributed by atoms with Crippen LogP contribution in [0.1, 0.15) is 26.7 Å². The first-order valence-corrected chi connectivity index (χ1v) is 6.35. The number of carbonyl (C=O) groups excluding carboxylic acids is 1. The molecule has 2 amide bonds. The summed E-state index contributed by atoms with van der Waals surface area (Å²) in [5.41, 5.74) is 0.104. The Balaban J connectivity index is 1.79.